The standard InChI is InChI=1S/C4H9N3O7P2/c8-4(15(9,10)11,16(12,13)14)1-7-3-5-2-6-7/h2-3,8H,1H2,(H2,9,10,11)(H2,12,13,14). The topological polar surface area (TPSA) is 166 Å². The predicted octanol–water partition coefficient (Wildman–Crippen LogP) is -1.72. The van der Waals surface area contributed by atoms with Crippen molar-refractivity contribution in [3.05, 3.63) is 12.7 Å². The van der Waals surface area contributed by atoms with Gasteiger partial charge in [-0.3, -0.25) is 9.13 Å². The van der Waals surface area contributed by atoms with Crippen LogP contribution in [0, 0.1) is 0 Å². The number of rotatable bonds is 4. The molecule has 0 fully saturated rings. The molecule has 1 aromatic rings. The molecule has 0 saturated carbocycles. The second-order valence-corrected chi connectivity index (χ2v) is 6.96. The molecule has 0 aromatic carbocycles. The van der Waals surface area contributed by atoms with E-state index in [9.17, 15) is 14.2 Å². The van der Waals surface area contributed by atoms with Crippen LogP contribution < -0.4 is 0 Å². The molecule has 0 aliphatic carbocycles. The third-order valence-corrected chi connectivity index (χ3v) is 5.49. The lowest BCUT2D eigenvalue weighted by Crippen LogP contribution is -2.34. The van der Waals surface area contributed by atoms with Crippen molar-refractivity contribution in [3.8, 4) is 0 Å². The lowest BCUT2D eigenvalue weighted by atomic mass is 10.7. The van der Waals surface area contributed by atoms with Crippen LogP contribution in [-0.2, 0) is 15.7 Å². The van der Waals surface area contributed by atoms with Gasteiger partial charge in [0.15, 0.2) is 0 Å². The Morgan fingerprint density at radius 1 is 1.19 bits per heavy atom. The maximum Gasteiger partial charge on any atom is 0.371 e. The van der Waals surface area contributed by atoms with Gasteiger partial charge < -0.3 is 24.7 Å². The van der Waals surface area contributed by atoms with Gasteiger partial charge in [0.25, 0.3) is 5.08 Å². The van der Waals surface area contributed by atoms with Crippen LogP contribution in [-0.4, -0.2) is 44.5 Å². The van der Waals surface area contributed by atoms with Crippen molar-refractivity contribution < 1.29 is 33.8 Å². The molecule has 0 aliphatic heterocycles. The fourth-order valence-corrected chi connectivity index (χ4v) is 2.90. The van der Waals surface area contributed by atoms with Crippen molar-refractivity contribution in [2.45, 2.75) is 11.6 Å². The van der Waals surface area contributed by atoms with Crippen molar-refractivity contribution in [2.24, 2.45) is 0 Å². The molecule has 0 amide bonds. The molecule has 16 heavy (non-hydrogen) atoms. The SMILES string of the molecule is O=P(O)(O)C(O)(Cn1cncn1)P(=O)(O)O. The molecule has 0 bridgehead atoms. The van der Waals surface area contributed by atoms with Gasteiger partial charge in [-0.15, -0.1) is 0 Å². The van der Waals surface area contributed by atoms with Crippen LogP contribution >= 0.6 is 15.2 Å². The number of nitrogens with zero attached hydrogens (tertiary/aromatic N) is 3. The van der Waals surface area contributed by atoms with Crippen LogP contribution in [0.2, 0.25) is 0 Å². The first-order chi connectivity index (χ1) is 7.08. The third kappa shape index (κ3) is 2.38. The Morgan fingerprint density at radius 3 is 2.00 bits per heavy atom. The summed E-state index contributed by atoms with van der Waals surface area (Å²) in [6.45, 7) is -1.07. The highest BCUT2D eigenvalue weighted by Gasteiger charge is 2.59. The Hall–Kier alpha value is -0.600. The Bertz CT molecular complexity index is 424. The van der Waals surface area contributed by atoms with E-state index < -0.39 is 26.8 Å². The molecule has 5 N–H and O–H groups in total. The molecule has 0 aliphatic rings. The summed E-state index contributed by atoms with van der Waals surface area (Å²) < 4.78 is 22.5. The average molecular weight is 273 g/mol. The van der Waals surface area contributed by atoms with Gasteiger partial charge >= 0.3 is 15.2 Å². The largest absolute Gasteiger partial charge is 0.371 e. The quantitative estimate of drug-likeness (QED) is 0.401. The minimum absolute atomic E-state index is 0.707. The summed E-state index contributed by atoms with van der Waals surface area (Å²) in [6, 6.07) is 0. The molecular formula is C4H9N3O7P2. The first-order valence-electron chi connectivity index (χ1n) is 3.74. The Morgan fingerprint density at radius 2 is 1.69 bits per heavy atom. The van der Waals surface area contributed by atoms with E-state index in [1.54, 1.807) is 0 Å². The summed E-state index contributed by atoms with van der Waals surface area (Å²) >= 11 is 0. The number of hydrogen-bond acceptors (Lipinski definition) is 5. The van der Waals surface area contributed by atoms with E-state index in [0.717, 1.165) is 12.7 Å². The lowest BCUT2D eigenvalue weighted by Gasteiger charge is -2.28. The lowest BCUT2D eigenvalue weighted by molar-refractivity contribution is 0.111. The Labute approximate surface area is 88.9 Å². The molecule has 0 saturated heterocycles. The second-order valence-electron chi connectivity index (χ2n) is 2.96. The van der Waals surface area contributed by atoms with E-state index in [1.165, 1.54) is 0 Å². The van der Waals surface area contributed by atoms with Crippen molar-refractivity contribution in [3.63, 3.8) is 0 Å². The first kappa shape index (κ1) is 13.5. The number of hydrogen-bond donors (Lipinski definition) is 5. The van der Waals surface area contributed by atoms with Gasteiger partial charge in [0.1, 0.15) is 12.7 Å². The molecule has 1 heterocycles. The van der Waals surface area contributed by atoms with Crippen LogP contribution in [0.15, 0.2) is 12.7 Å². The molecule has 0 unspecified atom stereocenters. The molecule has 0 radical (unpaired) electrons. The predicted molar refractivity (Wildman–Crippen MR) is 49.1 cm³/mol. The van der Waals surface area contributed by atoms with Crippen LogP contribution in [0.1, 0.15) is 0 Å². The van der Waals surface area contributed by atoms with E-state index in [4.69, 9.17) is 19.6 Å². The van der Waals surface area contributed by atoms with Gasteiger partial charge in [-0.25, -0.2) is 9.67 Å². The van der Waals surface area contributed by atoms with Crippen molar-refractivity contribution in [2.75, 3.05) is 0 Å². The monoisotopic (exact) mass is 273 g/mol. The summed E-state index contributed by atoms with van der Waals surface area (Å²) in [5.41, 5.74) is 0. The smallest absolute Gasteiger partial charge is 0.366 e. The third-order valence-electron chi connectivity index (χ3n) is 1.77. The number of aromatic nitrogens is 3. The fourth-order valence-electron chi connectivity index (χ4n) is 0.886. The fraction of sp³-hybridized carbons (Fsp3) is 0.500. The van der Waals surface area contributed by atoms with Crippen LogP contribution in [0.5, 0.6) is 0 Å². The summed E-state index contributed by atoms with van der Waals surface area (Å²) in [7, 11) is -10.9. The van der Waals surface area contributed by atoms with Gasteiger partial charge in [0.2, 0.25) is 0 Å². The highest BCUT2D eigenvalue weighted by molar-refractivity contribution is 7.72. The molecule has 0 atom stereocenters. The molecule has 10 nitrogen and oxygen atoms in total. The van der Waals surface area contributed by atoms with Gasteiger partial charge in [0, 0.05) is 0 Å². The first-order valence-corrected chi connectivity index (χ1v) is 6.96. The Kier molecular flexibility index (Phi) is 3.37. The maximum absolute atomic E-state index is 10.9. The van der Waals surface area contributed by atoms with Gasteiger partial charge in [-0.1, -0.05) is 0 Å². The maximum atomic E-state index is 10.9. The molecule has 0 spiro atoms. The summed E-state index contributed by atoms with van der Waals surface area (Å²) in [5.74, 6) is 0. The molecule has 12 heteroatoms. The van der Waals surface area contributed by atoms with E-state index in [1.807, 2.05) is 0 Å². The molecule has 1 rings (SSSR count). The highest BCUT2D eigenvalue weighted by Crippen LogP contribution is 2.67. The van der Waals surface area contributed by atoms with E-state index in [0.29, 0.717) is 4.68 Å². The van der Waals surface area contributed by atoms with Crippen molar-refractivity contribution in [1.82, 2.24) is 14.8 Å². The van der Waals surface area contributed by atoms with E-state index in [-0.39, 0.29) is 0 Å². The average Bonchev–Trinajstić information content (AvgIpc) is 2.52. The van der Waals surface area contributed by atoms with E-state index in [2.05, 4.69) is 10.1 Å². The molecular weight excluding hydrogens is 264 g/mol. The van der Waals surface area contributed by atoms with Crippen LogP contribution in [0.4, 0.5) is 0 Å². The summed E-state index contributed by atoms with van der Waals surface area (Å²) in [4.78, 5) is 38.5. The van der Waals surface area contributed by atoms with Gasteiger partial charge in [-0.05, 0) is 0 Å². The number of aliphatic hydroxyl groups is 1. The van der Waals surface area contributed by atoms with Gasteiger partial charge in [-0.2, -0.15) is 5.10 Å². The normalized spacial score (nSPS) is 14.1. The highest BCUT2D eigenvalue weighted by atomic mass is 31.2. The van der Waals surface area contributed by atoms with E-state index >= 15 is 0 Å². The van der Waals surface area contributed by atoms with Crippen molar-refractivity contribution >= 4 is 15.2 Å². The summed E-state index contributed by atoms with van der Waals surface area (Å²) in [5, 5.41) is 9.32. The minimum atomic E-state index is -5.45. The van der Waals surface area contributed by atoms with Gasteiger partial charge in [0.05, 0.1) is 6.54 Å². The zero-order valence-corrected chi connectivity index (χ0v) is 9.44. The zero-order chi connectivity index (χ0) is 12.6. The molecule has 92 valence electrons. The minimum Gasteiger partial charge on any atom is -0.366 e. The van der Waals surface area contributed by atoms with Crippen LogP contribution in [0.3, 0.4) is 0 Å². The second kappa shape index (κ2) is 4.01. The summed E-state index contributed by atoms with van der Waals surface area (Å²) in [6.07, 6.45) is 1.94. The Balaban J connectivity index is 3.18. The molecule has 1 aromatic heterocycles. The van der Waals surface area contributed by atoms with Crippen LogP contribution in [0.25, 0.3) is 0 Å². The van der Waals surface area contributed by atoms with Crippen molar-refractivity contribution in [1.29, 1.82) is 0 Å². The zero-order valence-electron chi connectivity index (χ0n) is 7.65.